The maximum absolute atomic E-state index is 11.9. The van der Waals surface area contributed by atoms with Gasteiger partial charge in [0.05, 0.1) is 23.3 Å². The molecule has 144 valence electrons. The van der Waals surface area contributed by atoms with Crippen molar-refractivity contribution in [1.29, 1.82) is 0 Å². The summed E-state index contributed by atoms with van der Waals surface area (Å²) in [5.41, 5.74) is 8.00. The van der Waals surface area contributed by atoms with Crippen molar-refractivity contribution in [1.82, 2.24) is 4.98 Å². The number of aromatic nitrogens is 1. The highest BCUT2D eigenvalue weighted by Gasteiger charge is 2.23. The van der Waals surface area contributed by atoms with Gasteiger partial charge in [-0.2, -0.15) is 0 Å². The van der Waals surface area contributed by atoms with E-state index in [-0.39, 0.29) is 6.10 Å². The zero-order valence-electron chi connectivity index (χ0n) is 15.1. The van der Waals surface area contributed by atoms with Gasteiger partial charge in [0.15, 0.2) is 11.5 Å². The van der Waals surface area contributed by atoms with Crippen LogP contribution in [0.15, 0.2) is 24.5 Å². The number of halogens is 2. The van der Waals surface area contributed by atoms with Crippen LogP contribution < -0.4 is 15.2 Å². The molecule has 0 amide bonds. The fourth-order valence-electron chi connectivity index (χ4n) is 3.43. The Balaban J connectivity index is 1.93. The number of nitrogens with two attached hydrogens (primary N) is 1. The van der Waals surface area contributed by atoms with E-state index in [1.54, 1.807) is 19.2 Å². The Kier molecular flexibility index (Phi) is 6.45. The molecule has 1 aromatic heterocycles. The zero-order valence-corrected chi connectivity index (χ0v) is 16.6. The Morgan fingerprint density at radius 3 is 2.48 bits per heavy atom. The molecule has 27 heavy (non-hydrogen) atoms. The van der Waals surface area contributed by atoms with Crippen molar-refractivity contribution < 1.29 is 14.3 Å². The van der Waals surface area contributed by atoms with Gasteiger partial charge in [-0.15, -0.1) is 0 Å². The van der Waals surface area contributed by atoms with Crippen LogP contribution in [0.4, 0.5) is 5.69 Å². The highest BCUT2D eigenvalue weighted by Crippen LogP contribution is 2.39. The number of carbonyl (C=O) groups is 1. The first kappa shape index (κ1) is 19.8. The Labute approximate surface area is 168 Å². The fourth-order valence-corrected chi connectivity index (χ4v) is 3.95. The van der Waals surface area contributed by atoms with E-state index in [4.69, 9.17) is 38.4 Å². The third-order valence-electron chi connectivity index (χ3n) is 4.91. The second-order valence-corrected chi connectivity index (χ2v) is 7.50. The summed E-state index contributed by atoms with van der Waals surface area (Å²) in [7, 11) is 1.57. The van der Waals surface area contributed by atoms with E-state index in [9.17, 15) is 4.79 Å². The molecule has 0 radical (unpaired) electrons. The minimum Gasteiger partial charge on any atom is -0.493 e. The molecule has 7 heteroatoms. The van der Waals surface area contributed by atoms with E-state index in [1.807, 2.05) is 0 Å². The van der Waals surface area contributed by atoms with Crippen molar-refractivity contribution >= 4 is 35.2 Å². The van der Waals surface area contributed by atoms with Gasteiger partial charge in [-0.25, -0.2) is 0 Å². The van der Waals surface area contributed by atoms with Crippen molar-refractivity contribution in [2.75, 3.05) is 12.8 Å². The first-order valence-corrected chi connectivity index (χ1v) is 9.66. The number of carbonyl (C=O) groups excluding carboxylic acids is 1. The Morgan fingerprint density at radius 1 is 1.22 bits per heavy atom. The van der Waals surface area contributed by atoms with Gasteiger partial charge >= 0.3 is 0 Å². The summed E-state index contributed by atoms with van der Waals surface area (Å²) in [5, 5.41) is 0.840. The Morgan fingerprint density at radius 2 is 1.89 bits per heavy atom. The predicted octanol–water partition coefficient (Wildman–Crippen LogP) is 4.83. The molecule has 1 heterocycles. The quantitative estimate of drug-likeness (QED) is 0.524. The van der Waals surface area contributed by atoms with Crippen molar-refractivity contribution in [3.8, 4) is 11.5 Å². The molecular formula is C20H22Cl2N2O3. The molecule has 2 N–H and O–H groups in total. The van der Waals surface area contributed by atoms with Gasteiger partial charge in [0, 0.05) is 30.1 Å². The number of nitrogens with zero attached hydrogens (tertiary/aromatic N) is 1. The molecule has 1 aliphatic carbocycles. The second kappa shape index (κ2) is 8.81. The fraction of sp³-hybridized carbons (Fsp3) is 0.400. The van der Waals surface area contributed by atoms with Crippen LogP contribution in [-0.4, -0.2) is 24.5 Å². The van der Waals surface area contributed by atoms with Gasteiger partial charge in [0.2, 0.25) is 0 Å². The number of hydrogen-bond acceptors (Lipinski definition) is 5. The molecule has 0 saturated heterocycles. The van der Waals surface area contributed by atoms with Gasteiger partial charge in [0.1, 0.15) is 6.29 Å². The van der Waals surface area contributed by atoms with Crippen LogP contribution in [0.3, 0.4) is 0 Å². The Hall–Kier alpha value is -1.98. The number of anilines is 1. The highest BCUT2D eigenvalue weighted by atomic mass is 35.5. The number of rotatable bonds is 7. The van der Waals surface area contributed by atoms with Crippen molar-refractivity contribution in [2.24, 2.45) is 0 Å². The molecule has 3 rings (SSSR count). The van der Waals surface area contributed by atoms with E-state index in [0.29, 0.717) is 44.8 Å². The summed E-state index contributed by atoms with van der Waals surface area (Å²) in [4.78, 5) is 15.8. The average molecular weight is 409 g/mol. The average Bonchev–Trinajstić information content (AvgIpc) is 3.16. The van der Waals surface area contributed by atoms with E-state index in [2.05, 4.69) is 4.98 Å². The van der Waals surface area contributed by atoms with E-state index < -0.39 is 5.92 Å². The molecule has 1 fully saturated rings. The molecule has 2 aromatic rings. The summed E-state index contributed by atoms with van der Waals surface area (Å²) in [5.74, 6) is 0.652. The summed E-state index contributed by atoms with van der Waals surface area (Å²) < 4.78 is 11.5. The minimum absolute atomic E-state index is 0.161. The molecule has 1 aromatic carbocycles. The van der Waals surface area contributed by atoms with E-state index in [1.165, 1.54) is 12.4 Å². The third kappa shape index (κ3) is 4.47. The number of aldehydes is 1. The van der Waals surface area contributed by atoms with Crippen LogP contribution in [0, 0.1) is 0 Å². The predicted molar refractivity (Wildman–Crippen MR) is 107 cm³/mol. The Bertz CT molecular complexity index is 803. The van der Waals surface area contributed by atoms with Crippen LogP contribution in [0.5, 0.6) is 11.5 Å². The number of ether oxygens (including phenoxy) is 2. The standard InChI is InChI=1S/C20H22Cl2N2O3/c1-26-19-8-18(23)14(7-20(19)27-13-4-2-3-5-13)12(11-25)6-15-16(21)9-24-10-17(15)22/h7-13H,2-6,23H2,1H3. The maximum Gasteiger partial charge on any atom is 0.162 e. The zero-order chi connectivity index (χ0) is 19.4. The molecule has 0 bridgehead atoms. The van der Waals surface area contributed by atoms with Crippen LogP contribution >= 0.6 is 23.2 Å². The monoisotopic (exact) mass is 408 g/mol. The van der Waals surface area contributed by atoms with Gasteiger partial charge in [0.25, 0.3) is 0 Å². The van der Waals surface area contributed by atoms with Crippen LogP contribution in [0.25, 0.3) is 0 Å². The lowest BCUT2D eigenvalue weighted by Crippen LogP contribution is -2.14. The van der Waals surface area contributed by atoms with Crippen molar-refractivity contribution in [3.05, 3.63) is 45.7 Å². The number of nitrogen functional groups attached to an aromatic ring is 1. The lowest BCUT2D eigenvalue weighted by atomic mass is 9.92. The molecular weight excluding hydrogens is 387 g/mol. The number of methoxy groups -OCH3 is 1. The lowest BCUT2D eigenvalue weighted by molar-refractivity contribution is -0.109. The molecule has 1 atom stereocenters. The number of hydrogen-bond donors (Lipinski definition) is 1. The number of pyridine rings is 1. The normalized spacial score (nSPS) is 15.5. The maximum atomic E-state index is 11.9. The largest absolute Gasteiger partial charge is 0.493 e. The first-order chi connectivity index (χ1) is 13.0. The summed E-state index contributed by atoms with van der Waals surface area (Å²) in [6.45, 7) is 0. The lowest BCUT2D eigenvalue weighted by Gasteiger charge is -2.20. The topological polar surface area (TPSA) is 74.4 Å². The van der Waals surface area contributed by atoms with Gasteiger partial charge in [-0.1, -0.05) is 23.2 Å². The van der Waals surface area contributed by atoms with Crippen LogP contribution in [0.2, 0.25) is 10.0 Å². The molecule has 0 spiro atoms. The SMILES string of the molecule is COc1cc(N)c(C(C=O)Cc2c(Cl)cncc2Cl)cc1OC1CCCC1. The van der Waals surface area contributed by atoms with Crippen LogP contribution in [0.1, 0.15) is 42.7 Å². The number of benzene rings is 1. The smallest absolute Gasteiger partial charge is 0.162 e. The minimum atomic E-state index is -0.515. The summed E-state index contributed by atoms with van der Waals surface area (Å²) >= 11 is 12.4. The van der Waals surface area contributed by atoms with Crippen molar-refractivity contribution in [3.63, 3.8) is 0 Å². The summed E-state index contributed by atoms with van der Waals surface area (Å²) in [6.07, 6.45) is 8.70. The summed E-state index contributed by atoms with van der Waals surface area (Å²) in [6, 6.07) is 3.50. The van der Waals surface area contributed by atoms with E-state index >= 15 is 0 Å². The molecule has 1 aliphatic rings. The molecule has 0 aliphatic heterocycles. The van der Waals surface area contributed by atoms with Gasteiger partial charge in [-0.3, -0.25) is 4.98 Å². The van der Waals surface area contributed by atoms with Gasteiger partial charge < -0.3 is 20.0 Å². The van der Waals surface area contributed by atoms with Gasteiger partial charge in [-0.05, 0) is 49.3 Å². The molecule has 5 nitrogen and oxygen atoms in total. The third-order valence-corrected chi connectivity index (χ3v) is 5.56. The van der Waals surface area contributed by atoms with Crippen LogP contribution in [-0.2, 0) is 11.2 Å². The van der Waals surface area contributed by atoms with E-state index in [0.717, 1.165) is 32.0 Å². The second-order valence-electron chi connectivity index (χ2n) is 6.68. The van der Waals surface area contributed by atoms with Crippen molar-refractivity contribution in [2.45, 2.75) is 44.1 Å². The molecule has 1 saturated carbocycles. The molecule has 1 unspecified atom stereocenters. The highest BCUT2D eigenvalue weighted by molar-refractivity contribution is 6.35. The first-order valence-electron chi connectivity index (χ1n) is 8.90.